The third-order valence-corrected chi connectivity index (χ3v) is 6.85. The molecule has 164 valence electrons. The predicted octanol–water partition coefficient (Wildman–Crippen LogP) is 4.66. The number of rotatable bonds is 4. The summed E-state index contributed by atoms with van der Waals surface area (Å²) < 4.78 is 5.45. The van der Waals surface area contributed by atoms with E-state index < -0.39 is 6.04 Å². The number of amides is 2. The first-order valence-electron chi connectivity index (χ1n) is 11.3. The Hall–Kier alpha value is -3.41. The minimum atomic E-state index is -0.514. The van der Waals surface area contributed by atoms with Crippen LogP contribution in [0, 0.1) is 5.92 Å². The summed E-state index contributed by atoms with van der Waals surface area (Å²) in [6.45, 7) is 0. The fraction of sp³-hybridized carbons (Fsp3) is 0.346. The zero-order chi connectivity index (χ0) is 22.1. The number of fused-ring (bicyclic) bond motifs is 2. The summed E-state index contributed by atoms with van der Waals surface area (Å²) in [6, 6.07) is 16.4. The first-order valence-corrected chi connectivity index (χ1v) is 11.3. The molecule has 0 radical (unpaired) electrons. The Morgan fingerprint density at radius 1 is 1.03 bits per heavy atom. The summed E-state index contributed by atoms with van der Waals surface area (Å²) in [5, 5.41) is 4.04. The average Bonchev–Trinajstić information content (AvgIpc) is 3.23. The molecule has 3 atom stereocenters. The lowest BCUT2D eigenvalue weighted by Gasteiger charge is -2.34. The number of benzene rings is 2. The van der Waals surface area contributed by atoms with Crippen LogP contribution in [0.2, 0.25) is 0 Å². The Morgan fingerprint density at radius 2 is 1.84 bits per heavy atom. The van der Waals surface area contributed by atoms with E-state index in [0.717, 1.165) is 36.6 Å². The summed E-state index contributed by atoms with van der Waals surface area (Å²) in [5.41, 5.74) is 1.93. The van der Waals surface area contributed by atoms with Crippen LogP contribution in [0.1, 0.15) is 42.5 Å². The number of carbonyl (C=O) groups excluding carboxylic acids is 2. The van der Waals surface area contributed by atoms with Gasteiger partial charge in [0, 0.05) is 17.6 Å². The Kier molecular flexibility index (Phi) is 5.52. The van der Waals surface area contributed by atoms with Gasteiger partial charge in [0.25, 0.3) is 5.91 Å². The maximum atomic E-state index is 13.7. The molecule has 3 unspecified atom stereocenters. The van der Waals surface area contributed by atoms with Crippen LogP contribution in [-0.4, -0.2) is 40.9 Å². The fourth-order valence-corrected chi connectivity index (χ4v) is 5.37. The van der Waals surface area contributed by atoms with Gasteiger partial charge in [0.05, 0.1) is 23.9 Å². The number of anilines is 1. The van der Waals surface area contributed by atoms with E-state index in [2.05, 4.69) is 10.3 Å². The number of hydrogen-bond donors (Lipinski definition) is 1. The number of nitrogens with one attached hydrogen (secondary N) is 1. The van der Waals surface area contributed by atoms with Gasteiger partial charge in [-0.25, -0.2) is 0 Å². The molecule has 1 N–H and O–H groups in total. The molecule has 1 saturated carbocycles. The summed E-state index contributed by atoms with van der Waals surface area (Å²) in [4.78, 5) is 33.5. The first-order chi connectivity index (χ1) is 15.7. The van der Waals surface area contributed by atoms with Crippen LogP contribution in [-0.2, 0) is 4.79 Å². The Labute approximate surface area is 187 Å². The van der Waals surface area contributed by atoms with Gasteiger partial charge in [-0.1, -0.05) is 43.2 Å². The van der Waals surface area contributed by atoms with Crippen molar-refractivity contribution in [1.29, 1.82) is 0 Å². The van der Waals surface area contributed by atoms with Crippen LogP contribution >= 0.6 is 0 Å². The molecule has 6 heteroatoms. The quantitative estimate of drug-likeness (QED) is 0.655. The van der Waals surface area contributed by atoms with Gasteiger partial charge in [-0.15, -0.1) is 0 Å². The molecular formula is C26H27N3O3. The molecule has 2 aromatic carbocycles. The highest BCUT2D eigenvalue weighted by atomic mass is 16.5. The molecule has 2 aliphatic rings. The van der Waals surface area contributed by atoms with Crippen molar-refractivity contribution < 1.29 is 14.3 Å². The van der Waals surface area contributed by atoms with Crippen LogP contribution in [0.5, 0.6) is 5.75 Å². The number of ether oxygens (including phenoxy) is 1. The van der Waals surface area contributed by atoms with Gasteiger partial charge >= 0.3 is 0 Å². The Bertz CT molecular complexity index is 1160. The van der Waals surface area contributed by atoms with E-state index in [0.29, 0.717) is 29.3 Å². The van der Waals surface area contributed by atoms with E-state index in [4.69, 9.17) is 4.74 Å². The fourth-order valence-electron chi connectivity index (χ4n) is 5.37. The Morgan fingerprint density at radius 3 is 2.72 bits per heavy atom. The van der Waals surface area contributed by atoms with Crippen molar-refractivity contribution in [2.24, 2.45) is 5.92 Å². The smallest absolute Gasteiger partial charge is 0.258 e. The van der Waals surface area contributed by atoms with Crippen molar-refractivity contribution in [3.8, 4) is 5.75 Å². The summed E-state index contributed by atoms with van der Waals surface area (Å²) in [6.07, 6.45) is 6.64. The van der Waals surface area contributed by atoms with E-state index in [1.165, 1.54) is 0 Å². The van der Waals surface area contributed by atoms with E-state index in [9.17, 15) is 9.59 Å². The second-order valence-electron chi connectivity index (χ2n) is 8.65. The zero-order valence-corrected chi connectivity index (χ0v) is 18.2. The SMILES string of the molecule is COc1ccccc1C(=O)N1C(C(=O)Nc2cccc3cccnc23)CC2CCCCC21. The highest BCUT2D eigenvalue weighted by Crippen LogP contribution is 2.41. The normalized spacial score (nSPS) is 22.4. The number of likely N-dealkylation sites (tertiary alicyclic amines) is 1. The number of nitrogens with zero attached hydrogens (tertiary/aromatic N) is 2. The molecule has 3 aromatic rings. The van der Waals surface area contributed by atoms with Gasteiger partial charge in [-0.05, 0) is 49.4 Å². The standard InChI is InChI=1S/C26H27N3O3/c1-32-23-14-5-3-11-19(23)26(31)29-21-13-4-2-8-18(21)16-22(29)25(30)28-20-12-6-9-17-10-7-15-27-24(17)20/h3,5-7,9-12,14-15,18,21-22H,2,4,8,13,16H2,1H3,(H,28,30). The van der Waals surface area contributed by atoms with E-state index in [1.807, 2.05) is 47.4 Å². The number of carbonyl (C=O) groups is 2. The minimum Gasteiger partial charge on any atom is -0.496 e. The number of methoxy groups -OCH3 is 1. The molecule has 1 aromatic heterocycles. The minimum absolute atomic E-state index is 0.0857. The van der Waals surface area contributed by atoms with E-state index >= 15 is 0 Å². The van der Waals surface area contributed by atoms with Crippen molar-refractivity contribution in [3.05, 3.63) is 66.4 Å². The third-order valence-electron chi connectivity index (χ3n) is 6.85. The lowest BCUT2D eigenvalue weighted by molar-refractivity contribution is -0.120. The molecule has 1 aliphatic carbocycles. The number of para-hydroxylation sites is 2. The van der Waals surface area contributed by atoms with Crippen molar-refractivity contribution in [2.45, 2.75) is 44.2 Å². The van der Waals surface area contributed by atoms with Crippen LogP contribution in [0.3, 0.4) is 0 Å². The molecule has 2 fully saturated rings. The second kappa shape index (κ2) is 8.61. The molecule has 1 aliphatic heterocycles. The summed E-state index contributed by atoms with van der Waals surface area (Å²) >= 11 is 0. The zero-order valence-electron chi connectivity index (χ0n) is 18.2. The third kappa shape index (κ3) is 3.60. The number of hydrogen-bond acceptors (Lipinski definition) is 4. The van der Waals surface area contributed by atoms with Gasteiger partial charge in [0.1, 0.15) is 11.8 Å². The lowest BCUT2D eigenvalue weighted by Crippen LogP contribution is -2.48. The highest BCUT2D eigenvalue weighted by Gasteiger charge is 2.48. The van der Waals surface area contributed by atoms with Crippen LogP contribution in [0.15, 0.2) is 60.8 Å². The molecule has 6 nitrogen and oxygen atoms in total. The van der Waals surface area contributed by atoms with Crippen molar-refractivity contribution in [3.63, 3.8) is 0 Å². The lowest BCUT2D eigenvalue weighted by atomic mass is 9.84. The van der Waals surface area contributed by atoms with Gasteiger partial charge in [0.15, 0.2) is 0 Å². The van der Waals surface area contributed by atoms with Crippen LogP contribution < -0.4 is 10.1 Å². The monoisotopic (exact) mass is 429 g/mol. The molecule has 1 saturated heterocycles. The van der Waals surface area contributed by atoms with Gasteiger partial charge in [-0.2, -0.15) is 0 Å². The van der Waals surface area contributed by atoms with Gasteiger partial charge in [0.2, 0.25) is 5.91 Å². The molecule has 5 rings (SSSR count). The highest BCUT2D eigenvalue weighted by molar-refractivity contribution is 6.06. The van der Waals surface area contributed by atoms with E-state index in [-0.39, 0.29) is 17.9 Å². The molecule has 2 amide bonds. The molecule has 0 bridgehead atoms. The van der Waals surface area contributed by atoms with Crippen molar-refractivity contribution in [1.82, 2.24) is 9.88 Å². The Balaban J connectivity index is 1.48. The maximum Gasteiger partial charge on any atom is 0.258 e. The van der Waals surface area contributed by atoms with Gasteiger partial charge in [-0.3, -0.25) is 14.6 Å². The number of pyridine rings is 1. The predicted molar refractivity (Wildman–Crippen MR) is 124 cm³/mol. The average molecular weight is 430 g/mol. The largest absolute Gasteiger partial charge is 0.496 e. The molecule has 32 heavy (non-hydrogen) atoms. The summed E-state index contributed by atoms with van der Waals surface area (Å²) in [7, 11) is 1.57. The molecule has 2 heterocycles. The first kappa shape index (κ1) is 20.5. The van der Waals surface area contributed by atoms with Crippen molar-refractivity contribution in [2.75, 3.05) is 12.4 Å². The van der Waals surface area contributed by atoms with Crippen LogP contribution in [0.25, 0.3) is 10.9 Å². The van der Waals surface area contributed by atoms with Gasteiger partial charge < -0.3 is 15.0 Å². The molecular weight excluding hydrogens is 402 g/mol. The van der Waals surface area contributed by atoms with Crippen LogP contribution in [0.4, 0.5) is 5.69 Å². The second-order valence-corrected chi connectivity index (χ2v) is 8.65. The van der Waals surface area contributed by atoms with E-state index in [1.54, 1.807) is 25.4 Å². The molecule has 0 spiro atoms. The maximum absolute atomic E-state index is 13.7. The number of aromatic nitrogens is 1. The van der Waals surface area contributed by atoms with Crippen molar-refractivity contribution >= 4 is 28.4 Å². The topological polar surface area (TPSA) is 71.5 Å². The summed E-state index contributed by atoms with van der Waals surface area (Å²) in [5.74, 6) is 0.604.